The Balaban J connectivity index is 1.69. The van der Waals surface area contributed by atoms with E-state index in [2.05, 4.69) is 25.6 Å². The molecule has 10 nitrogen and oxygen atoms in total. The third-order valence-corrected chi connectivity index (χ3v) is 4.89. The summed E-state index contributed by atoms with van der Waals surface area (Å²) >= 11 is 0.999. The molecule has 0 radical (unpaired) electrons. The average Bonchev–Trinajstić information content (AvgIpc) is 3.32. The first-order valence-electron chi connectivity index (χ1n) is 8.37. The van der Waals surface area contributed by atoms with Crippen molar-refractivity contribution in [2.75, 3.05) is 0 Å². The second kappa shape index (κ2) is 7.75. The van der Waals surface area contributed by atoms with Gasteiger partial charge in [0.15, 0.2) is 0 Å². The fourth-order valence-electron chi connectivity index (χ4n) is 2.53. The third kappa shape index (κ3) is 3.96. The quantitative estimate of drug-likeness (QED) is 0.350. The summed E-state index contributed by atoms with van der Waals surface area (Å²) in [5.41, 5.74) is 2.13. The van der Waals surface area contributed by atoms with E-state index in [0.29, 0.717) is 10.7 Å². The standard InChI is InChI=1S/C17H13FN8O2S/c1-11-6-8-13(9-7-11)25-17(20-22-23-25)29-16-19-15(26(27)28)21-24(16)10-12-4-2-3-5-14(12)18/h2-9H,10H2,1H3. The second-order valence-electron chi connectivity index (χ2n) is 6.01. The lowest BCUT2D eigenvalue weighted by molar-refractivity contribution is -0.394. The van der Waals surface area contributed by atoms with E-state index in [0.717, 1.165) is 23.0 Å². The van der Waals surface area contributed by atoms with Crippen molar-refractivity contribution in [3.8, 4) is 5.69 Å². The fraction of sp³-hybridized carbons (Fsp3) is 0.118. The number of benzene rings is 2. The molecule has 0 bridgehead atoms. The Morgan fingerprint density at radius 1 is 1.14 bits per heavy atom. The molecule has 2 aromatic heterocycles. The maximum atomic E-state index is 14.0. The summed E-state index contributed by atoms with van der Waals surface area (Å²) in [4.78, 5) is 14.4. The summed E-state index contributed by atoms with van der Waals surface area (Å²) in [5, 5.41) is 27.1. The average molecular weight is 412 g/mol. The van der Waals surface area contributed by atoms with Gasteiger partial charge in [-0.3, -0.25) is 0 Å². The van der Waals surface area contributed by atoms with Gasteiger partial charge in [-0.1, -0.05) is 35.9 Å². The Labute approximate surface area is 167 Å². The van der Waals surface area contributed by atoms with Crippen LogP contribution < -0.4 is 0 Å². The summed E-state index contributed by atoms with van der Waals surface area (Å²) in [6.45, 7) is 1.94. The van der Waals surface area contributed by atoms with Crippen LogP contribution in [0.2, 0.25) is 0 Å². The molecule has 0 spiro atoms. The number of hydrogen-bond acceptors (Lipinski definition) is 8. The molecule has 12 heteroatoms. The largest absolute Gasteiger partial charge is 0.492 e. The molecule has 2 heterocycles. The van der Waals surface area contributed by atoms with Gasteiger partial charge >= 0.3 is 5.95 Å². The van der Waals surface area contributed by atoms with Crippen molar-refractivity contribution in [3.63, 3.8) is 0 Å². The zero-order chi connectivity index (χ0) is 20.4. The van der Waals surface area contributed by atoms with Crippen LogP contribution in [0, 0.1) is 22.9 Å². The number of aryl methyl sites for hydroxylation is 1. The van der Waals surface area contributed by atoms with Crippen molar-refractivity contribution in [2.24, 2.45) is 0 Å². The number of nitro groups is 1. The van der Waals surface area contributed by atoms with Gasteiger partial charge in [0.1, 0.15) is 5.82 Å². The Morgan fingerprint density at radius 2 is 1.90 bits per heavy atom. The lowest BCUT2D eigenvalue weighted by atomic mass is 10.2. The molecule has 0 atom stereocenters. The topological polar surface area (TPSA) is 117 Å². The zero-order valence-electron chi connectivity index (χ0n) is 15.0. The molecule has 0 fully saturated rings. The Bertz CT molecular complexity index is 1170. The van der Waals surface area contributed by atoms with Crippen molar-refractivity contribution < 1.29 is 9.31 Å². The minimum Gasteiger partial charge on any atom is -0.390 e. The van der Waals surface area contributed by atoms with Crippen molar-refractivity contribution in [1.82, 2.24) is 35.0 Å². The van der Waals surface area contributed by atoms with E-state index in [1.54, 1.807) is 18.2 Å². The predicted octanol–water partition coefficient (Wildman–Crippen LogP) is 2.81. The molecule has 0 N–H and O–H groups in total. The summed E-state index contributed by atoms with van der Waals surface area (Å²) < 4.78 is 16.8. The van der Waals surface area contributed by atoms with Gasteiger partial charge in [0.05, 0.1) is 12.2 Å². The van der Waals surface area contributed by atoms with Crippen LogP contribution in [0.25, 0.3) is 5.69 Å². The number of rotatable bonds is 6. The van der Waals surface area contributed by atoms with Crippen LogP contribution in [-0.2, 0) is 6.54 Å². The minimum atomic E-state index is -0.704. The van der Waals surface area contributed by atoms with Crippen LogP contribution >= 0.6 is 11.8 Å². The van der Waals surface area contributed by atoms with E-state index in [4.69, 9.17) is 0 Å². The molecule has 0 aliphatic heterocycles. The van der Waals surface area contributed by atoms with Gasteiger partial charge in [0.2, 0.25) is 5.16 Å². The molecule has 0 amide bonds. The van der Waals surface area contributed by atoms with Crippen LogP contribution in [0.5, 0.6) is 0 Å². The van der Waals surface area contributed by atoms with E-state index < -0.39 is 16.7 Å². The fourth-order valence-corrected chi connectivity index (χ4v) is 3.34. The molecular weight excluding hydrogens is 399 g/mol. The van der Waals surface area contributed by atoms with Crippen LogP contribution in [0.15, 0.2) is 58.8 Å². The molecule has 0 aliphatic carbocycles. The smallest absolute Gasteiger partial charge is 0.390 e. The van der Waals surface area contributed by atoms with Crippen molar-refractivity contribution in [3.05, 3.63) is 75.6 Å². The lowest BCUT2D eigenvalue weighted by Gasteiger charge is -2.04. The Kier molecular flexibility index (Phi) is 4.99. The van der Waals surface area contributed by atoms with E-state index in [9.17, 15) is 14.5 Å². The molecule has 0 saturated heterocycles. The molecule has 0 saturated carbocycles. The van der Waals surface area contributed by atoms with Gasteiger partial charge in [0.25, 0.3) is 5.16 Å². The third-order valence-electron chi connectivity index (χ3n) is 3.97. The molecule has 0 aliphatic rings. The first-order valence-corrected chi connectivity index (χ1v) is 9.19. The summed E-state index contributed by atoms with van der Waals surface area (Å²) in [6.07, 6.45) is 0. The number of hydrogen-bond donors (Lipinski definition) is 0. The van der Waals surface area contributed by atoms with E-state index in [1.807, 2.05) is 31.2 Å². The summed E-state index contributed by atoms with van der Waals surface area (Å²) in [7, 11) is 0. The predicted molar refractivity (Wildman–Crippen MR) is 100 cm³/mol. The lowest BCUT2D eigenvalue weighted by Crippen LogP contribution is -2.06. The molecule has 29 heavy (non-hydrogen) atoms. The first-order chi connectivity index (χ1) is 14.0. The molecule has 4 aromatic rings. The van der Waals surface area contributed by atoms with Gasteiger partial charge < -0.3 is 10.1 Å². The highest BCUT2D eigenvalue weighted by Gasteiger charge is 2.25. The highest BCUT2D eigenvalue weighted by Crippen LogP contribution is 2.28. The monoisotopic (exact) mass is 412 g/mol. The van der Waals surface area contributed by atoms with E-state index in [1.165, 1.54) is 15.4 Å². The zero-order valence-corrected chi connectivity index (χ0v) is 15.8. The highest BCUT2D eigenvalue weighted by atomic mass is 32.2. The van der Waals surface area contributed by atoms with Gasteiger partial charge in [0, 0.05) is 22.4 Å². The maximum absolute atomic E-state index is 14.0. The van der Waals surface area contributed by atoms with E-state index >= 15 is 0 Å². The molecule has 0 unspecified atom stereocenters. The van der Waals surface area contributed by atoms with E-state index in [-0.39, 0.29) is 11.7 Å². The van der Waals surface area contributed by atoms with Gasteiger partial charge in [-0.25, -0.2) is 4.39 Å². The summed E-state index contributed by atoms with van der Waals surface area (Å²) in [6, 6.07) is 13.7. The second-order valence-corrected chi connectivity index (χ2v) is 6.95. The molecule has 2 aromatic carbocycles. The van der Waals surface area contributed by atoms with Crippen LogP contribution in [0.1, 0.15) is 11.1 Å². The van der Waals surface area contributed by atoms with Crippen LogP contribution in [0.4, 0.5) is 10.3 Å². The van der Waals surface area contributed by atoms with Crippen molar-refractivity contribution in [2.45, 2.75) is 23.8 Å². The van der Waals surface area contributed by atoms with Gasteiger partial charge in [-0.2, -0.15) is 9.36 Å². The SMILES string of the molecule is Cc1ccc(-n2nnnc2Sc2nc([N+](=O)[O-])nn2Cc2ccccc2F)cc1. The van der Waals surface area contributed by atoms with Gasteiger partial charge in [-0.05, 0) is 45.5 Å². The normalized spacial score (nSPS) is 11.0. The minimum absolute atomic E-state index is 0.0258. The van der Waals surface area contributed by atoms with Crippen LogP contribution in [-0.4, -0.2) is 39.9 Å². The number of tetrazole rings is 1. The Morgan fingerprint density at radius 3 is 2.62 bits per heavy atom. The molecule has 4 rings (SSSR count). The van der Waals surface area contributed by atoms with Gasteiger partial charge in [-0.15, -0.1) is 5.10 Å². The van der Waals surface area contributed by atoms with Crippen molar-refractivity contribution in [1.29, 1.82) is 0 Å². The highest BCUT2D eigenvalue weighted by molar-refractivity contribution is 7.99. The molecule has 146 valence electrons. The number of nitrogens with zero attached hydrogens (tertiary/aromatic N) is 8. The first kappa shape index (κ1) is 18.7. The number of aromatic nitrogens is 7. The van der Waals surface area contributed by atoms with Crippen LogP contribution in [0.3, 0.4) is 0 Å². The molecular formula is C17H13FN8O2S. The number of halogens is 1. The summed E-state index contributed by atoms with van der Waals surface area (Å²) in [5.74, 6) is -1.02. The van der Waals surface area contributed by atoms with Crippen molar-refractivity contribution >= 4 is 17.7 Å². The maximum Gasteiger partial charge on any atom is 0.492 e. The Hall–Kier alpha value is -3.67.